The van der Waals surface area contributed by atoms with Crippen LogP contribution in [0, 0.1) is 13.8 Å². The number of esters is 1. The molecule has 0 aliphatic carbocycles. The Kier molecular flexibility index (Phi) is 17.3. The van der Waals surface area contributed by atoms with E-state index in [9.17, 15) is 24.3 Å². The highest BCUT2D eigenvalue weighted by Gasteiger charge is 2.27. The molecule has 0 radical (unpaired) electrons. The molecule has 378 valence electrons. The summed E-state index contributed by atoms with van der Waals surface area (Å²) >= 11 is 0. The van der Waals surface area contributed by atoms with Crippen LogP contribution in [0.3, 0.4) is 0 Å². The molecule has 73 heavy (non-hydrogen) atoms. The number of aryl methyl sites for hydroxylation is 4. The molecule has 0 bridgehead atoms. The first kappa shape index (κ1) is 52.8. The molecule has 6 aromatic carbocycles. The molecule has 2 aromatic heterocycles. The van der Waals surface area contributed by atoms with Gasteiger partial charge in [0.1, 0.15) is 11.0 Å². The third-order valence-electron chi connectivity index (χ3n) is 13.8. The largest absolute Gasteiger partial charge is 0.481 e. The molecule has 0 saturated heterocycles. The summed E-state index contributed by atoms with van der Waals surface area (Å²) in [5, 5.41) is 38.8. The fourth-order valence-electron chi connectivity index (χ4n) is 9.86. The molecule has 15 heteroatoms. The van der Waals surface area contributed by atoms with Crippen LogP contribution >= 0.6 is 0 Å². The fourth-order valence-corrected chi connectivity index (χ4v) is 9.86. The predicted molar refractivity (Wildman–Crippen MR) is 282 cm³/mol. The number of carboxylic acid groups (broad SMARTS) is 2. The Hall–Kier alpha value is -8.04. The van der Waals surface area contributed by atoms with E-state index in [-0.39, 0.29) is 37.6 Å². The van der Waals surface area contributed by atoms with Crippen LogP contribution in [0.4, 0.5) is 0 Å². The van der Waals surface area contributed by atoms with Gasteiger partial charge in [-0.05, 0) is 139 Å². The molecular formula is C58H64N8O7. The van der Waals surface area contributed by atoms with E-state index in [1.165, 1.54) is 23.8 Å². The minimum absolute atomic E-state index is 0. The van der Waals surface area contributed by atoms with Crippen LogP contribution in [0.25, 0.3) is 22.1 Å². The van der Waals surface area contributed by atoms with Gasteiger partial charge in [0.15, 0.2) is 0 Å². The number of fused-ring (bicyclic) bond motifs is 4. The zero-order chi connectivity index (χ0) is 50.9. The average molecular weight is 985 g/mol. The number of carboxylic acids is 2. The number of amides is 1. The summed E-state index contributed by atoms with van der Waals surface area (Å²) in [5.74, 6) is -2.33. The van der Waals surface area contributed by atoms with Gasteiger partial charge in [0.25, 0.3) is 5.91 Å². The minimum atomic E-state index is -0.879. The Balaban J connectivity index is 0.000000183. The number of nitrogens with zero attached hydrogens (tertiary/aromatic N) is 7. The first-order valence-electron chi connectivity index (χ1n) is 24.4. The molecule has 0 fully saturated rings. The smallest absolute Gasteiger partial charge is 0.335 e. The molecule has 0 saturated carbocycles. The minimum Gasteiger partial charge on any atom is -0.481 e. The van der Waals surface area contributed by atoms with Gasteiger partial charge >= 0.3 is 17.9 Å². The number of benzene rings is 6. The molecule has 2 unspecified atom stereocenters. The lowest BCUT2D eigenvalue weighted by Gasteiger charge is -2.30. The van der Waals surface area contributed by atoms with Gasteiger partial charge in [-0.1, -0.05) is 103 Å². The van der Waals surface area contributed by atoms with Crippen LogP contribution in [-0.4, -0.2) is 89.1 Å². The summed E-state index contributed by atoms with van der Waals surface area (Å²) in [4.78, 5) is 49.2. The van der Waals surface area contributed by atoms with Gasteiger partial charge in [-0.25, -0.2) is 14.2 Å². The van der Waals surface area contributed by atoms with Crippen molar-refractivity contribution in [3.05, 3.63) is 188 Å². The van der Waals surface area contributed by atoms with Crippen molar-refractivity contribution in [2.75, 3.05) is 20.2 Å². The van der Waals surface area contributed by atoms with Crippen LogP contribution in [-0.2, 0) is 53.3 Å². The Morgan fingerprint density at radius 1 is 0.644 bits per heavy atom. The van der Waals surface area contributed by atoms with Gasteiger partial charge in [-0.2, -0.15) is 0 Å². The second kappa shape index (κ2) is 23.9. The Morgan fingerprint density at radius 3 is 1.67 bits per heavy atom. The summed E-state index contributed by atoms with van der Waals surface area (Å²) in [6, 6.07) is 38.6. The van der Waals surface area contributed by atoms with E-state index in [4.69, 9.17) is 9.84 Å². The number of carbonyl (C=O) groups excluding carboxylic acids is 2. The van der Waals surface area contributed by atoms with Gasteiger partial charge < -0.3 is 25.2 Å². The van der Waals surface area contributed by atoms with Crippen molar-refractivity contribution in [3.8, 4) is 0 Å². The molecule has 2 aliphatic rings. The van der Waals surface area contributed by atoms with Gasteiger partial charge in [0.2, 0.25) is 0 Å². The highest BCUT2D eigenvalue weighted by Crippen LogP contribution is 2.37. The van der Waals surface area contributed by atoms with Crippen LogP contribution in [0.2, 0.25) is 0 Å². The summed E-state index contributed by atoms with van der Waals surface area (Å²) in [6.45, 7) is 12.7. The first-order chi connectivity index (χ1) is 34.9. The van der Waals surface area contributed by atoms with Crippen molar-refractivity contribution >= 4 is 45.9 Å². The molecule has 2 atom stereocenters. The van der Waals surface area contributed by atoms with E-state index in [1.54, 1.807) is 30.3 Å². The lowest BCUT2D eigenvalue weighted by Crippen LogP contribution is -2.36. The van der Waals surface area contributed by atoms with Crippen molar-refractivity contribution in [1.82, 2.24) is 40.2 Å². The van der Waals surface area contributed by atoms with Crippen molar-refractivity contribution in [2.45, 2.75) is 98.8 Å². The lowest BCUT2D eigenvalue weighted by molar-refractivity contribution is -0.141. The second-order valence-electron chi connectivity index (χ2n) is 18.1. The molecular weight excluding hydrogens is 921 g/mol. The summed E-state index contributed by atoms with van der Waals surface area (Å²) in [6.07, 6.45) is 2.10. The second-order valence-corrected chi connectivity index (χ2v) is 18.1. The Labute approximate surface area is 425 Å². The number of ether oxygens (including phenoxy) is 1. The van der Waals surface area contributed by atoms with Crippen molar-refractivity contribution in [1.29, 1.82) is 0 Å². The van der Waals surface area contributed by atoms with Gasteiger partial charge in [-0.15, -0.1) is 10.2 Å². The SMILES string of the molecule is C.CCn1nnc2c(C)c(C(CC(=O)O)c3ccc4c(c3)CN(C(=O)c3ccccc3)CC4)ccc21.CCn1nnc2c(C)c(C(CC(=O)OC)c3ccc4c(c3)CNCC4)ccc21.O=C(O)c1ccccc1. The number of nitrogens with one attached hydrogen (secondary N) is 1. The third kappa shape index (κ3) is 11.8. The third-order valence-corrected chi connectivity index (χ3v) is 13.8. The maximum atomic E-state index is 13.0. The highest BCUT2D eigenvalue weighted by molar-refractivity contribution is 5.94. The van der Waals surface area contributed by atoms with E-state index in [2.05, 4.69) is 82.3 Å². The molecule has 2 aliphatic heterocycles. The molecule has 1 amide bonds. The maximum Gasteiger partial charge on any atom is 0.335 e. The van der Waals surface area contributed by atoms with E-state index in [0.29, 0.717) is 30.6 Å². The summed E-state index contributed by atoms with van der Waals surface area (Å²) in [7, 11) is 1.44. The monoisotopic (exact) mass is 984 g/mol. The number of hydrogen-bond acceptors (Lipinski definition) is 10. The van der Waals surface area contributed by atoms with Gasteiger partial charge in [0.05, 0.1) is 36.5 Å². The topological polar surface area (TPSA) is 195 Å². The quantitative estimate of drug-likeness (QED) is 0.0983. The summed E-state index contributed by atoms with van der Waals surface area (Å²) < 4.78 is 8.74. The van der Waals surface area contributed by atoms with Gasteiger partial charge in [-0.3, -0.25) is 14.4 Å². The maximum absolute atomic E-state index is 13.0. The first-order valence-corrected chi connectivity index (χ1v) is 24.4. The fraction of sp³-hybridized carbons (Fsp3) is 0.310. The Morgan fingerprint density at radius 2 is 1.16 bits per heavy atom. The summed E-state index contributed by atoms with van der Waals surface area (Å²) in [5.41, 5.74) is 15.8. The number of carbonyl (C=O) groups is 4. The predicted octanol–water partition coefficient (Wildman–Crippen LogP) is 9.69. The van der Waals surface area contributed by atoms with Crippen molar-refractivity contribution < 1.29 is 34.1 Å². The molecule has 3 N–H and O–H groups in total. The number of methoxy groups -OCH3 is 1. The van der Waals surface area contributed by atoms with E-state index < -0.39 is 11.9 Å². The normalized spacial score (nSPS) is 13.5. The average Bonchev–Trinajstić information content (AvgIpc) is 4.05. The van der Waals surface area contributed by atoms with Crippen molar-refractivity contribution in [2.24, 2.45) is 0 Å². The number of aromatic nitrogens is 6. The zero-order valence-corrected chi connectivity index (χ0v) is 41.3. The molecule has 0 spiro atoms. The lowest BCUT2D eigenvalue weighted by atomic mass is 9.83. The molecule has 15 nitrogen and oxygen atoms in total. The van der Waals surface area contributed by atoms with Crippen LogP contribution in [0.5, 0.6) is 0 Å². The highest BCUT2D eigenvalue weighted by atomic mass is 16.5. The number of hydrogen-bond donors (Lipinski definition) is 3. The van der Waals surface area contributed by atoms with E-state index in [0.717, 1.165) is 100 Å². The van der Waals surface area contributed by atoms with Crippen LogP contribution in [0.15, 0.2) is 121 Å². The van der Waals surface area contributed by atoms with Crippen molar-refractivity contribution in [3.63, 3.8) is 0 Å². The number of aliphatic carboxylic acids is 1. The van der Waals surface area contributed by atoms with E-state index >= 15 is 0 Å². The zero-order valence-electron chi connectivity index (χ0n) is 41.3. The number of rotatable bonds is 12. The standard InChI is InChI=1S/C28H28N4O3.C22H26N4O2.C7H6O2.CH4/c1-3-32-25-12-11-23(18(2)27(25)29-30-32)24(16-26(33)34)21-10-9-19-13-14-31(17-22(19)15-21)28(35)20-7-5-4-6-8-20;1-4-26-20-8-7-18(14(2)22(20)24-25-26)19(12-21(27)28-3)16-6-5-15-9-10-23-13-17(15)11-16;8-7(9)6-4-2-1-3-5-6;/h4-12,15,24H,3,13-14,16-17H2,1-2H3,(H,33,34);5-8,11,19,23H,4,9-10,12-13H2,1-3H3;1-5H,(H,8,9);1H4. The molecule has 8 aromatic rings. The number of aromatic carboxylic acids is 1. The van der Waals surface area contributed by atoms with Crippen LogP contribution < -0.4 is 5.32 Å². The van der Waals surface area contributed by atoms with Gasteiger partial charge in [0, 0.05) is 50.1 Å². The van der Waals surface area contributed by atoms with E-state index in [1.807, 2.05) is 76.6 Å². The molecule has 4 heterocycles. The van der Waals surface area contributed by atoms with Crippen LogP contribution in [0.1, 0.15) is 122 Å². The molecule has 10 rings (SSSR count). The Bertz CT molecular complexity index is 3240.